The zero-order valence-corrected chi connectivity index (χ0v) is 39.6. The molecule has 0 radical (unpaired) electrons. The van der Waals surface area contributed by atoms with Gasteiger partial charge in [0.2, 0.25) is 0 Å². The van der Waals surface area contributed by atoms with Gasteiger partial charge in [-0.25, -0.2) is 0 Å². The van der Waals surface area contributed by atoms with Crippen molar-refractivity contribution in [1.29, 1.82) is 0 Å². The molecule has 2 heterocycles. The van der Waals surface area contributed by atoms with E-state index < -0.39 is 18.0 Å². The summed E-state index contributed by atoms with van der Waals surface area (Å²) in [4.78, 5) is 0. The van der Waals surface area contributed by atoms with Crippen LogP contribution in [0.15, 0.2) is 118 Å². The molecule has 0 atom stereocenters. The topological polar surface area (TPSA) is 26.3 Å². The van der Waals surface area contributed by atoms with Crippen molar-refractivity contribution in [1.82, 2.24) is 0 Å². The summed E-state index contributed by atoms with van der Waals surface area (Å²) >= 11 is 10.8. The van der Waals surface area contributed by atoms with Gasteiger partial charge in [0.1, 0.15) is 0 Å². The van der Waals surface area contributed by atoms with Crippen LogP contribution in [0.5, 0.6) is 0 Å². The van der Waals surface area contributed by atoms with E-state index in [1.807, 2.05) is 50.2 Å². The Kier molecular flexibility index (Phi) is 14.2. The number of hydrogen-bond acceptors (Lipinski definition) is 2. The zero-order chi connectivity index (χ0) is 40.3. The molecule has 0 saturated carbocycles. The van der Waals surface area contributed by atoms with E-state index in [1.165, 1.54) is 66.1 Å². The number of hydrogen-bond donors (Lipinski definition) is 0. The molecule has 0 unspecified atom stereocenters. The number of aryl methyl sites for hydroxylation is 6. The Morgan fingerprint density at radius 3 is 1.27 bits per heavy atom. The fourth-order valence-corrected chi connectivity index (χ4v) is 7.31. The molecule has 8 aromatic rings. The van der Waals surface area contributed by atoms with Crippen LogP contribution in [0.1, 0.15) is 47.6 Å². The summed E-state index contributed by atoms with van der Waals surface area (Å²) in [5, 5.41) is 6.50. The number of halogens is 4. The Hall–Kier alpha value is -3.08. The van der Waals surface area contributed by atoms with Gasteiger partial charge in [0, 0.05) is 10.0 Å². The van der Waals surface area contributed by atoms with Crippen molar-refractivity contribution >= 4 is 67.2 Å². The van der Waals surface area contributed by atoms with Crippen LogP contribution in [-0.2, 0) is 30.8 Å². The Balaban J connectivity index is 0.000000166. The SMILES string of the molecule is CCc1ccc2[cH-]c(-c3cc(C)c(C)o3)cc2c1-c1cccc(Cl)c1.CCc1ccc2[cH-]c(-c3cc(C)c(C)o3)cc2c1-c1cccc(Cl)c1.C[Si](C)=[Zr]([Cl])[Cl]. The molecule has 288 valence electrons. The van der Waals surface area contributed by atoms with E-state index >= 15 is 0 Å². The summed E-state index contributed by atoms with van der Waals surface area (Å²) in [6.45, 7) is 16.9. The van der Waals surface area contributed by atoms with Gasteiger partial charge < -0.3 is 8.83 Å². The van der Waals surface area contributed by atoms with Crippen LogP contribution < -0.4 is 0 Å². The second-order valence-corrected chi connectivity index (χ2v) is 38.2. The van der Waals surface area contributed by atoms with Crippen LogP contribution in [0.2, 0.25) is 23.1 Å². The summed E-state index contributed by atoms with van der Waals surface area (Å²) < 4.78 is 11.9. The average molecular weight is 916 g/mol. The first-order valence-corrected chi connectivity index (χ1v) is 32.1. The predicted octanol–water partition coefficient (Wildman–Crippen LogP) is 16.8. The van der Waals surface area contributed by atoms with E-state index in [9.17, 15) is 0 Å². The molecule has 0 N–H and O–H groups in total. The molecule has 0 aliphatic carbocycles. The molecule has 56 heavy (non-hydrogen) atoms. The van der Waals surface area contributed by atoms with Crippen molar-refractivity contribution in [2.24, 2.45) is 0 Å². The van der Waals surface area contributed by atoms with Gasteiger partial charge in [-0.05, 0) is 110 Å². The maximum absolute atomic E-state index is 6.25. The van der Waals surface area contributed by atoms with Crippen molar-refractivity contribution in [3.8, 4) is 44.9 Å². The van der Waals surface area contributed by atoms with E-state index in [1.54, 1.807) is 0 Å². The Bertz CT molecular complexity index is 2460. The van der Waals surface area contributed by atoms with E-state index in [0.29, 0.717) is 0 Å². The molecule has 8 heteroatoms. The molecule has 0 aliphatic rings. The second-order valence-electron chi connectivity index (χ2n) is 14.4. The van der Waals surface area contributed by atoms with Crippen LogP contribution in [-0.4, -0.2) is 5.43 Å². The molecule has 2 nitrogen and oxygen atoms in total. The van der Waals surface area contributed by atoms with Crippen molar-refractivity contribution < 1.29 is 26.8 Å². The Morgan fingerprint density at radius 1 is 0.571 bits per heavy atom. The molecular weight excluding hydrogens is 870 g/mol. The minimum atomic E-state index is -1.65. The normalized spacial score (nSPS) is 11.0. The fourth-order valence-electron chi connectivity index (χ4n) is 6.93. The van der Waals surface area contributed by atoms with Gasteiger partial charge in [0.15, 0.2) is 0 Å². The zero-order valence-electron chi connectivity index (χ0n) is 33.1. The van der Waals surface area contributed by atoms with E-state index in [4.69, 9.17) is 49.1 Å². The van der Waals surface area contributed by atoms with E-state index in [-0.39, 0.29) is 5.43 Å². The first kappa shape index (κ1) is 42.5. The number of furan rings is 2. The van der Waals surface area contributed by atoms with Crippen LogP contribution >= 0.6 is 40.2 Å². The molecule has 0 spiro atoms. The van der Waals surface area contributed by atoms with Gasteiger partial charge in [-0.15, -0.1) is 57.9 Å². The molecule has 0 fully saturated rings. The Labute approximate surface area is 356 Å². The predicted molar refractivity (Wildman–Crippen MR) is 242 cm³/mol. The van der Waals surface area contributed by atoms with Gasteiger partial charge in [-0.3, -0.25) is 0 Å². The van der Waals surface area contributed by atoms with Crippen molar-refractivity contribution in [3.05, 3.63) is 153 Å². The molecule has 2 aromatic heterocycles. The number of rotatable bonds is 6. The van der Waals surface area contributed by atoms with Crippen molar-refractivity contribution in [2.75, 3.05) is 0 Å². The second kappa shape index (κ2) is 18.7. The fraction of sp³-hybridized carbons (Fsp3) is 0.208. The van der Waals surface area contributed by atoms with Gasteiger partial charge >= 0.3 is 53.5 Å². The monoisotopic (exact) mass is 912 g/mol. The number of benzene rings is 4. The molecular formula is C48H46Cl4O2SiZr-2. The number of fused-ring (bicyclic) bond motifs is 2. The summed E-state index contributed by atoms with van der Waals surface area (Å²) in [7, 11) is 11.2. The van der Waals surface area contributed by atoms with Gasteiger partial charge in [0.05, 0.1) is 23.0 Å². The summed E-state index contributed by atoms with van der Waals surface area (Å²) in [6, 6.07) is 38.2. The van der Waals surface area contributed by atoms with Crippen LogP contribution in [0.4, 0.5) is 0 Å². The molecule has 0 amide bonds. The van der Waals surface area contributed by atoms with Gasteiger partial charge in [0.25, 0.3) is 0 Å². The van der Waals surface area contributed by atoms with Crippen LogP contribution in [0, 0.1) is 27.7 Å². The standard InChI is InChI=1S/2C23H20ClO.C2H6Si.2ClH.Zr/c2*1-4-16-8-9-17-11-19(22-10-14(2)15(3)25-22)13-21(17)23(16)18-6-5-7-20(24)12-18;1-3-2;;;/h2*5-13H,4H2,1-3H3;1-2H3;2*1H;/q2*-1;;;;+2/p-2. The van der Waals surface area contributed by atoms with Crippen LogP contribution in [0.25, 0.3) is 66.4 Å². The van der Waals surface area contributed by atoms with E-state index in [0.717, 1.165) is 57.1 Å². The first-order valence-electron chi connectivity index (χ1n) is 18.9. The third-order valence-electron chi connectivity index (χ3n) is 10.2. The van der Waals surface area contributed by atoms with Crippen LogP contribution in [0.3, 0.4) is 0 Å². The summed E-state index contributed by atoms with van der Waals surface area (Å²) in [5.41, 5.74) is 11.9. The molecule has 0 aliphatic heterocycles. The van der Waals surface area contributed by atoms with Gasteiger partial charge in [-0.1, -0.05) is 95.7 Å². The summed E-state index contributed by atoms with van der Waals surface area (Å²) in [5.74, 6) is 3.82. The molecule has 6 aromatic carbocycles. The van der Waals surface area contributed by atoms with Crippen molar-refractivity contribution in [2.45, 2.75) is 67.5 Å². The third-order valence-corrected chi connectivity index (χ3v) is 30.4. The quantitative estimate of drug-likeness (QED) is 0.123. The van der Waals surface area contributed by atoms with E-state index in [2.05, 4.69) is 114 Å². The minimum absolute atomic E-state index is 0.224. The third kappa shape index (κ3) is 9.61. The molecule has 8 rings (SSSR count). The van der Waals surface area contributed by atoms with Gasteiger partial charge in [-0.2, -0.15) is 0 Å². The average Bonchev–Trinajstić information content (AvgIpc) is 3.96. The molecule has 0 bridgehead atoms. The first-order chi connectivity index (χ1) is 26.8. The Morgan fingerprint density at radius 2 is 0.964 bits per heavy atom. The summed E-state index contributed by atoms with van der Waals surface area (Å²) in [6.07, 6.45) is 1.97. The maximum atomic E-state index is 6.25. The molecule has 0 saturated heterocycles. The van der Waals surface area contributed by atoms with Crippen molar-refractivity contribution in [3.63, 3.8) is 0 Å².